The molecule has 2 N–H and O–H groups in total. The molecule has 1 aliphatic heterocycles. The second-order valence-corrected chi connectivity index (χ2v) is 8.94. The molecule has 1 saturated heterocycles. The third-order valence-electron chi connectivity index (χ3n) is 4.71. The smallest absolute Gasteiger partial charge is 0.243 e. The summed E-state index contributed by atoms with van der Waals surface area (Å²) in [6, 6.07) is 5.47. The number of benzene rings is 1. The van der Waals surface area contributed by atoms with Gasteiger partial charge in [0, 0.05) is 24.5 Å². The van der Waals surface area contributed by atoms with Gasteiger partial charge < -0.3 is 5.73 Å². The molecule has 2 aromatic rings. The Morgan fingerprint density at radius 2 is 2.13 bits per heavy atom. The van der Waals surface area contributed by atoms with Crippen LogP contribution in [-0.2, 0) is 10.0 Å². The van der Waals surface area contributed by atoms with Crippen molar-refractivity contribution in [3.63, 3.8) is 0 Å². The molecule has 1 fully saturated rings. The van der Waals surface area contributed by atoms with Gasteiger partial charge in [0.25, 0.3) is 0 Å². The minimum Gasteiger partial charge on any atom is -0.330 e. The van der Waals surface area contributed by atoms with Crippen molar-refractivity contribution >= 4 is 20.9 Å². The minimum atomic E-state index is -3.48. The highest BCUT2D eigenvalue weighted by molar-refractivity contribution is 7.89. The Kier molecular flexibility index (Phi) is 3.98. The Morgan fingerprint density at radius 3 is 2.74 bits per heavy atom. The summed E-state index contributed by atoms with van der Waals surface area (Å²) >= 11 is 0. The second kappa shape index (κ2) is 5.58. The van der Waals surface area contributed by atoms with Crippen molar-refractivity contribution < 1.29 is 8.42 Å². The van der Waals surface area contributed by atoms with Crippen LogP contribution in [0.3, 0.4) is 0 Å². The maximum atomic E-state index is 12.9. The van der Waals surface area contributed by atoms with Crippen LogP contribution in [0.5, 0.6) is 0 Å². The van der Waals surface area contributed by atoms with Crippen molar-refractivity contribution in [3.8, 4) is 0 Å². The number of sulfonamides is 1. The molecule has 1 aromatic heterocycles. The molecule has 0 bridgehead atoms. The molecule has 7 heteroatoms. The molecule has 6 nitrogen and oxygen atoms in total. The molecule has 1 aromatic carbocycles. The van der Waals surface area contributed by atoms with Gasteiger partial charge in [-0.15, -0.1) is 0 Å². The number of rotatable bonds is 4. The molecular formula is C16H24N4O2S. The van der Waals surface area contributed by atoms with Gasteiger partial charge in [-0.25, -0.2) is 8.42 Å². The summed E-state index contributed by atoms with van der Waals surface area (Å²) in [7, 11) is -3.48. The lowest BCUT2D eigenvalue weighted by Crippen LogP contribution is -2.34. The molecule has 1 aliphatic rings. The number of fused-ring (bicyclic) bond motifs is 1. The van der Waals surface area contributed by atoms with Crippen LogP contribution in [0, 0.1) is 5.41 Å². The number of nitrogens with zero attached hydrogens (tertiary/aromatic N) is 3. The Balaban J connectivity index is 1.96. The first-order valence-electron chi connectivity index (χ1n) is 7.94. The Bertz CT molecular complexity index is 828. The zero-order valence-electron chi connectivity index (χ0n) is 13.9. The fraction of sp³-hybridized carbons (Fsp3) is 0.562. The highest BCUT2D eigenvalue weighted by Crippen LogP contribution is 2.33. The SMILES string of the molecule is CC(C)n1ncc2cc(S(=O)(=O)N3CCC(C)(CN)C3)ccc21. The van der Waals surface area contributed by atoms with Crippen LogP contribution in [0.1, 0.15) is 33.2 Å². The van der Waals surface area contributed by atoms with Gasteiger partial charge in [-0.3, -0.25) is 4.68 Å². The van der Waals surface area contributed by atoms with Crippen LogP contribution in [-0.4, -0.2) is 42.1 Å². The highest BCUT2D eigenvalue weighted by Gasteiger charge is 2.39. The summed E-state index contributed by atoms with van der Waals surface area (Å²) in [5.74, 6) is 0. The lowest BCUT2D eigenvalue weighted by atomic mass is 9.90. The quantitative estimate of drug-likeness (QED) is 0.925. The monoisotopic (exact) mass is 336 g/mol. The summed E-state index contributed by atoms with van der Waals surface area (Å²) in [6.07, 6.45) is 2.53. The van der Waals surface area contributed by atoms with Crippen LogP contribution < -0.4 is 5.73 Å². The van der Waals surface area contributed by atoms with Crippen LogP contribution in [0.25, 0.3) is 10.9 Å². The fourth-order valence-electron chi connectivity index (χ4n) is 3.10. The third-order valence-corrected chi connectivity index (χ3v) is 6.55. The second-order valence-electron chi connectivity index (χ2n) is 7.01. The highest BCUT2D eigenvalue weighted by atomic mass is 32.2. The summed E-state index contributed by atoms with van der Waals surface area (Å²) in [5, 5.41) is 5.19. The van der Waals surface area contributed by atoms with Crippen LogP contribution in [0.2, 0.25) is 0 Å². The van der Waals surface area contributed by atoms with Gasteiger partial charge in [-0.1, -0.05) is 6.92 Å². The van der Waals surface area contributed by atoms with E-state index in [0.717, 1.165) is 17.3 Å². The Hall–Kier alpha value is -1.44. The normalized spacial score (nSPS) is 23.2. The first kappa shape index (κ1) is 16.4. The zero-order chi connectivity index (χ0) is 16.8. The maximum absolute atomic E-state index is 12.9. The van der Waals surface area contributed by atoms with Gasteiger partial charge in [0.05, 0.1) is 16.6 Å². The first-order valence-corrected chi connectivity index (χ1v) is 9.38. The van der Waals surface area contributed by atoms with E-state index in [9.17, 15) is 8.42 Å². The maximum Gasteiger partial charge on any atom is 0.243 e. The lowest BCUT2D eigenvalue weighted by Gasteiger charge is -2.22. The van der Waals surface area contributed by atoms with E-state index < -0.39 is 10.0 Å². The Labute approximate surface area is 137 Å². The van der Waals surface area contributed by atoms with Crippen molar-refractivity contribution in [2.45, 2.75) is 38.1 Å². The molecule has 1 atom stereocenters. The van der Waals surface area contributed by atoms with Crippen molar-refractivity contribution in [3.05, 3.63) is 24.4 Å². The molecule has 0 saturated carbocycles. The molecule has 0 spiro atoms. The average Bonchev–Trinajstić information content (AvgIpc) is 3.11. The molecule has 2 heterocycles. The molecule has 0 amide bonds. The van der Waals surface area contributed by atoms with E-state index >= 15 is 0 Å². The van der Waals surface area contributed by atoms with Crippen molar-refractivity contribution in [2.75, 3.05) is 19.6 Å². The molecule has 23 heavy (non-hydrogen) atoms. The van der Waals surface area contributed by atoms with Crippen molar-refractivity contribution in [2.24, 2.45) is 11.1 Å². The standard InChI is InChI=1S/C16H24N4O2S/c1-12(2)20-15-5-4-14(8-13(15)9-18-20)23(21,22)19-7-6-16(3,10-17)11-19/h4-5,8-9,12H,6-7,10-11,17H2,1-3H3. The molecule has 126 valence electrons. The van der Waals surface area contributed by atoms with E-state index in [1.54, 1.807) is 22.6 Å². The summed E-state index contributed by atoms with van der Waals surface area (Å²) in [4.78, 5) is 0.328. The molecule has 3 rings (SSSR count). The van der Waals surface area contributed by atoms with Crippen LogP contribution >= 0.6 is 0 Å². The number of aromatic nitrogens is 2. The molecule has 1 unspecified atom stereocenters. The minimum absolute atomic E-state index is 0.125. The number of nitrogens with two attached hydrogens (primary N) is 1. The van der Waals surface area contributed by atoms with E-state index in [-0.39, 0.29) is 11.5 Å². The van der Waals surface area contributed by atoms with Gasteiger partial charge in [0.1, 0.15) is 0 Å². The topological polar surface area (TPSA) is 81.2 Å². The van der Waals surface area contributed by atoms with Gasteiger partial charge in [0.2, 0.25) is 10.0 Å². The number of hydrogen-bond donors (Lipinski definition) is 1. The van der Waals surface area contributed by atoms with Gasteiger partial charge in [-0.05, 0) is 50.4 Å². The Morgan fingerprint density at radius 1 is 1.39 bits per heavy atom. The summed E-state index contributed by atoms with van der Waals surface area (Å²) in [6.45, 7) is 7.65. The fourth-order valence-corrected chi connectivity index (χ4v) is 4.73. The van der Waals surface area contributed by atoms with E-state index in [1.807, 2.05) is 17.7 Å². The van der Waals surface area contributed by atoms with Crippen LogP contribution in [0.4, 0.5) is 0 Å². The predicted octanol–water partition coefficient (Wildman–Crippen LogP) is 1.98. The summed E-state index contributed by atoms with van der Waals surface area (Å²) < 4.78 is 29.2. The molecule has 0 radical (unpaired) electrons. The van der Waals surface area contributed by atoms with Gasteiger partial charge in [0.15, 0.2) is 0 Å². The first-order chi connectivity index (χ1) is 10.8. The van der Waals surface area contributed by atoms with Gasteiger partial charge >= 0.3 is 0 Å². The zero-order valence-corrected chi connectivity index (χ0v) is 14.7. The van der Waals surface area contributed by atoms with E-state index in [0.29, 0.717) is 24.5 Å². The third kappa shape index (κ3) is 2.77. The van der Waals surface area contributed by atoms with Crippen molar-refractivity contribution in [1.29, 1.82) is 0 Å². The lowest BCUT2D eigenvalue weighted by molar-refractivity contribution is 0.349. The molecular weight excluding hydrogens is 312 g/mol. The predicted molar refractivity (Wildman–Crippen MR) is 90.7 cm³/mol. The molecule has 0 aliphatic carbocycles. The summed E-state index contributed by atoms with van der Waals surface area (Å²) in [5.41, 5.74) is 6.61. The van der Waals surface area contributed by atoms with Crippen molar-refractivity contribution in [1.82, 2.24) is 14.1 Å². The number of hydrogen-bond acceptors (Lipinski definition) is 4. The average molecular weight is 336 g/mol. The van der Waals surface area contributed by atoms with Crippen LogP contribution in [0.15, 0.2) is 29.3 Å². The van der Waals surface area contributed by atoms with E-state index in [2.05, 4.69) is 18.9 Å². The van der Waals surface area contributed by atoms with E-state index in [4.69, 9.17) is 5.73 Å². The largest absolute Gasteiger partial charge is 0.330 e. The van der Waals surface area contributed by atoms with Gasteiger partial charge in [-0.2, -0.15) is 9.40 Å². The van der Waals surface area contributed by atoms with E-state index in [1.165, 1.54) is 0 Å².